The molecule has 2 aromatic carbocycles. The fourth-order valence-corrected chi connectivity index (χ4v) is 7.50. The van der Waals surface area contributed by atoms with Crippen LogP contribution in [0.5, 0.6) is 0 Å². The molecule has 0 bridgehead atoms. The van der Waals surface area contributed by atoms with Crippen molar-refractivity contribution < 1.29 is 48.0 Å². The summed E-state index contributed by atoms with van der Waals surface area (Å²) in [5.74, 6) is -1.27. The standard InChI is InChI=1S/C20H28N2O6.C19H26N2O6/c1-21(19(24)20(12-13-27-2)10-4-5-11-20)17(18(23)28-3)14-15-6-8-16(9-7-15)22(25)26;1-26-12-11-19(9-3-4-10-19)18(23)20-16(17(22)27-2)13-14-5-7-15(8-6-14)21(24)25/h6-9,17H,4-5,10-14H2,1-3H3;5-8,16H,3-4,9-13H2,1-2H3,(H,20,23). The number of methoxy groups -OCH3 is 4. The Hall–Kier alpha value is -4.96. The molecule has 0 radical (unpaired) electrons. The highest BCUT2D eigenvalue weighted by atomic mass is 16.6. The summed E-state index contributed by atoms with van der Waals surface area (Å²) >= 11 is 0. The topological polar surface area (TPSA) is 207 Å². The van der Waals surface area contributed by atoms with Gasteiger partial charge < -0.3 is 29.2 Å². The van der Waals surface area contributed by atoms with Crippen molar-refractivity contribution in [3.05, 3.63) is 79.9 Å². The minimum atomic E-state index is -0.844. The molecule has 4 rings (SSSR count). The molecular weight excluding hydrogens is 716 g/mol. The molecule has 16 nitrogen and oxygen atoms in total. The van der Waals surface area contributed by atoms with Gasteiger partial charge in [0.05, 0.1) is 34.9 Å². The third-order valence-corrected chi connectivity index (χ3v) is 10.8. The number of nitrogens with one attached hydrogen (secondary N) is 1. The first-order valence-electron chi connectivity index (χ1n) is 18.4. The predicted octanol–water partition coefficient (Wildman–Crippen LogP) is 5.13. The summed E-state index contributed by atoms with van der Waals surface area (Å²) in [6.07, 6.45) is 8.69. The number of nitro benzene ring substituents is 2. The maximum atomic E-state index is 13.3. The van der Waals surface area contributed by atoms with Crippen LogP contribution in [0.2, 0.25) is 0 Å². The number of nitro groups is 2. The number of benzene rings is 2. The van der Waals surface area contributed by atoms with E-state index in [1.165, 1.54) is 43.4 Å². The zero-order valence-electron chi connectivity index (χ0n) is 32.4. The number of carbonyl (C=O) groups excluding carboxylic acids is 4. The SMILES string of the molecule is COCCC1(C(=O)N(C)C(Cc2ccc([N+](=O)[O-])cc2)C(=O)OC)CCCC1.COCCC1(C(=O)NC(Cc2ccc([N+](=O)[O-])cc2)C(=O)OC)CCCC1. The molecule has 1 N–H and O–H groups in total. The molecule has 2 fully saturated rings. The van der Waals surface area contributed by atoms with E-state index in [0.29, 0.717) is 31.6 Å². The van der Waals surface area contributed by atoms with Crippen LogP contribution in [0.4, 0.5) is 11.4 Å². The van der Waals surface area contributed by atoms with Crippen molar-refractivity contribution in [1.82, 2.24) is 10.2 Å². The van der Waals surface area contributed by atoms with E-state index in [1.54, 1.807) is 45.5 Å². The van der Waals surface area contributed by atoms with E-state index in [2.05, 4.69) is 5.32 Å². The third-order valence-electron chi connectivity index (χ3n) is 10.8. The number of esters is 2. The summed E-state index contributed by atoms with van der Waals surface area (Å²) in [7, 11) is 7.41. The lowest BCUT2D eigenvalue weighted by molar-refractivity contribution is -0.385. The highest BCUT2D eigenvalue weighted by Gasteiger charge is 2.45. The lowest BCUT2D eigenvalue weighted by Crippen LogP contribution is -2.50. The number of rotatable bonds is 18. The first-order valence-corrected chi connectivity index (χ1v) is 18.4. The van der Waals surface area contributed by atoms with Gasteiger partial charge in [0.2, 0.25) is 11.8 Å². The number of hydrogen-bond acceptors (Lipinski definition) is 12. The summed E-state index contributed by atoms with van der Waals surface area (Å²) in [6, 6.07) is 10.3. The quantitative estimate of drug-likeness (QED) is 0.119. The molecule has 2 unspecified atom stereocenters. The van der Waals surface area contributed by atoms with E-state index in [1.807, 2.05) is 0 Å². The largest absolute Gasteiger partial charge is 0.467 e. The van der Waals surface area contributed by atoms with Crippen molar-refractivity contribution in [3.8, 4) is 0 Å². The van der Waals surface area contributed by atoms with E-state index in [4.69, 9.17) is 18.9 Å². The van der Waals surface area contributed by atoms with Gasteiger partial charge in [0.25, 0.3) is 11.4 Å². The molecule has 16 heteroatoms. The van der Waals surface area contributed by atoms with Gasteiger partial charge in [-0.3, -0.25) is 29.8 Å². The summed E-state index contributed by atoms with van der Waals surface area (Å²) in [4.78, 5) is 73.0. The van der Waals surface area contributed by atoms with Crippen LogP contribution in [0.15, 0.2) is 48.5 Å². The number of ether oxygens (including phenoxy) is 4. The second-order valence-electron chi connectivity index (χ2n) is 14.2. The van der Waals surface area contributed by atoms with Crippen LogP contribution < -0.4 is 5.32 Å². The molecule has 0 aliphatic heterocycles. The maximum Gasteiger partial charge on any atom is 0.328 e. The van der Waals surface area contributed by atoms with Crippen LogP contribution in [0.25, 0.3) is 0 Å². The van der Waals surface area contributed by atoms with Crippen LogP contribution in [0, 0.1) is 31.1 Å². The molecule has 2 saturated carbocycles. The molecule has 302 valence electrons. The van der Waals surface area contributed by atoms with Gasteiger partial charge in [-0.25, -0.2) is 9.59 Å². The Morgan fingerprint density at radius 1 is 0.691 bits per heavy atom. The number of carbonyl (C=O) groups is 4. The van der Waals surface area contributed by atoms with Gasteiger partial charge in [-0.1, -0.05) is 49.9 Å². The van der Waals surface area contributed by atoms with E-state index in [0.717, 1.165) is 56.9 Å². The minimum Gasteiger partial charge on any atom is -0.467 e. The Labute approximate surface area is 321 Å². The van der Waals surface area contributed by atoms with Gasteiger partial charge in [-0.2, -0.15) is 0 Å². The van der Waals surface area contributed by atoms with Crippen molar-refractivity contribution in [3.63, 3.8) is 0 Å². The van der Waals surface area contributed by atoms with Crippen molar-refractivity contribution in [2.24, 2.45) is 10.8 Å². The van der Waals surface area contributed by atoms with Crippen molar-refractivity contribution in [1.29, 1.82) is 0 Å². The molecule has 0 saturated heterocycles. The molecule has 2 aromatic rings. The summed E-state index contributed by atoms with van der Waals surface area (Å²) in [6.45, 7) is 0.976. The molecule has 2 aliphatic carbocycles. The summed E-state index contributed by atoms with van der Waals surface area (Å²) < 4.78 is 20.1. The average Bonchev–Trinajstić information content (AvgIpc) is 3.89. The highest BCUT2D eigenvalue weighted by Crippen LogP contribution is 2.43. The van der Waals surface area contributed by atoms with Gasteiger partial charge in [-0.05, 0) is 49.7 Å². The van der Waals surface area contributed by atoms with Crippen LogP contribution >= 0.6 is 0 Å². The van der Waals surface area contributed by atoms with Crippen LogP contribution in [0.3, 0.4) is 0 Å². The number of amides is 2. The zero-order valence-corrected chi connectivity index (χ0v) is 32.4. The van der Waals surface area contributed by atoms with Crippen molar-refractivity contribution >= 4 is 35.1 Å². The number of hydrogen-bond donors (Lipinski definition) is 1. The molecule has 55 heavy (non-hydrogen) atoms. The predicted molar refractivity (Wildman–Crippen MR) is 201 cm³/mol. The monoisotopic (exact) mass is 770 g/mol. The number of nitrogens with zero attached hydrogens (tertiary/aromatic N) is 3. The normalized spacial score (nSPS) is 16.5. The third kappa shape index (κ3) is 12.0. The number of non-ortho nitro benzene ring substituents is 2. The summed E-state index contributed by atoms with van der Waals surface area (Å²) in [5, 5.41) is 24.4. The number of likely N-dealkylation sites (N-methyl/N-ethyl adjacent to an activating group) is 1. The first kappa shape index (κ1) is 44.4. The lowest BCUT2D eigenvalue weighted by Gasteiger charge is -2.35. The molecule has 2 aliphatic rings. The van der Waals surface area contributed by atoms with E-state index in [-0.39, 0.29) is 36.0 Å². The van der Waals surface area contributed by atoms with Crippen LogP contribution in [0.1, 0.15) is 75.3 Å². The molecule has 2 atom stereocenters. The highest BCUT2D eigenvalue weighted by molar-refractivity contribution is 5.89. The Kier molecular flexibility index (Phi) is 17.1. The molecule has 0 heterocycles. The Morgan fingerprint density at radius 3 is 1.53 bits per heavy atom. The van der Waals surface area contributed by atoms with E-state index < -0.39 is 44.7 Å². The second-order valence-corrected chi connectivity index (χ2v) is 14.2. The fourth-order valence-electron chi connectivity index (χ4n) is 7.50. The van der Waals surface area contributed by atoms with Gasteiger partial charge in [0.15, 0.2) is 0 Å². The molecule has 0 aromatic heterocycles. The maximum absolute atomic E-state index is 13.3. The van der Waals surface area contributed by atoms with E-state index in [9.17, 15) is 39.4 Å². The zero-order chi connectivity index (χ0) is 40.6. The first-order chi connectivity index (χ1) is 26.3. The smallest absolute Gasteiger partial charge is 0.328 e. The van der Waals surface area contributed by atoms with Gasteiger partial charge >= 0.3 is 11.9 Å². The average molecular weight is 771 g/mol. The van der Waals surface area contributed by atoms with Gasteiger partial charge in [0.1, 0.15) is 12.1 Å². The molecule has 0 spiro atoms. The van der Waals surface area contributed by atoms with Crippen molar-refractivity contribution in [2.75, 3.05) is 48.7 Å². The minimum absolute atomic E-state index is 0.0210. The van der Waals surface area contributed by atoms with Gasteiger partial charge in [0, 0.05) is 71.6 Å². The fraction of sp³-hybridized carbons (Fsp3) is 0.590. The Morgan fingerprint density at radius 2 is 1.11 bits per heavy atom. The lowest BCUT2D eigenvalue weighted by atomic mass is 9.81. The van der Waals surface area contributed by atoms with Crippen LogP contribution in [-0.4, -0.2) is 99.3 Å². The summed E-state index contributed by atoms with van der Waals surface area (Å²) in [5.41, 5.74) is 0.352. The second kappa shape index (κ2) is 21.2. The van der Waals surface area contributed by atoms with Crippen LogP contribution in [-0.2, 0) is 51.0 Å². The van der Waals surface area contributed by atoms with E-state index >= 15 is 0 Å². The molecular formula is C39H54N4O12. The Bertz CT molecular complexity index is 1600. The van der Waals surface area contributed by atoms with Gasteiger partial charge in [-0.15, -0.1) is 0 Å². The van der Waals surface area contributed by atoms with Crippen molar-refractivity contribution in [2.45, 2.75) is 89.1 Å². The molecule has 2 amide bonds. The Balaban J connectivity index is 0.000000296.